The van der Waals surface area contributed by atoms with Crippen molar-refractivity contribution in [1.82, 2.24) is 10.9 Å². The average Bonchev–Trinajstić information content (AvgIpc) is 2.65. The van der Waals surface area contributed by atoms with Gasteiger partial charge >= 0.3 is 0 Å². The maximum atomic E-state index is 12.2. The van der Waals surface area contributed by atoms with Crippen LogP contribution in [0.25, 0.3) is 0 Å². The monoisotopic (exact) mass is 374 g/mol. The molecule has 0 bridgehead atoms. The summed E-state index contributed by atoms with van der Waals surface area (Å²) >= 11 is 5.97. The molecule has 0 spiro atoms. The minimum Gasteiger partial charge on any atom is -0.481 e. The minimum atomic E-state index is -0.772. The Labute approximate surface area is 158 Å². The smallest absolute Gasteiger partial charge is 0.279 e. The number of ether oxygens (including phenoxy) is 1. The largest absolute Gasteiger partial charge is 0.481 e. The minimum absolute atomic E-state index is 0.283. The van der Waals surface area contributed by atoms with Gasteiger partial charge < -0.3 is 4.74 Å². The third kappa shape index (κ3) is 4.99. The van der Waals surface area contributed by atoms with Crippen LogP contribution in [0.1, 0.15) is 49.0 Å². The quantitative estimate of drug-likeness (QED) is 0.748. The van der Waals surface area contributed by atoms with Crippen LogP contribution in [0.4, 0.5) is 0 Å². The van der Waals surface area contributed by atoms with Crippen LogP contribution in [0, 0.1) is 0 Å². The van der Waals surface area contributed by atoms with Crippen molar-refractivity contribution in [3.63, 3.8) is 0 Å². The molecule has 2 N–H and O–H groups in total. The second-order valence-corrected chi connectivity index (χ2v) is 6.44. The summed E-state index contributed by atoms with van der Waals surface area (Å²) in [6.45, 7) is 5.84. The topological polar surface area (TPSA) is 67.4 Å². The third-order valence-electron chi connectivity index (χ3n) is 4.15. The lowest BCUT2D eigenvalue weighted by atomic mass is 9.98. The Hall–Kier alpha value is -2.53. The summed E-state index contributed by atoms with van der Waals surface area (Å²) in [6, 6.07) is 14.2. The molecule has 138 valence electrons. The summed E-state index contributed by atoms with van der Waals surface area (Å²) in [7, 11) is 0. The molecule has 2 aromatic carbocycles. The molecule has 0 saturated heterocycles. The van der Waals surface area contributed by atoms with Crippen molar-refractivity contribution in [1.29, 1.82) is 0 Å². The van der Waals surface area contributed by atoms with E-state index in [0.717, 1.165) is 12.0 Å². The fourth-order valence-electron chi connectivity index (χ4n) is 2.39. The number of amides is 2. The lowest BCUT2D eigenvalue weighted by molar-refractivity contribution is -0.128. The molecule has 0 heterocycles. The van der Waals surface area contributed by atoms with Crippen LogP contribution in [0.5, 0.6) is 5.75 Å². The molecule has 0 aliphatic carbocycles. The number of hydrazine groups is 1. The Bertz CT molecular complexity index is 779. The number of nitrogens with one attached hydrogen (secondary N) is 2. The van der Waals surface area contributed by atoms with Crippen molar-refractivity contribution < 1.29 is 14.3 Å². The van der Waals surface area contributed by atoms with E-state index in [1.807, 2.05) is 24.3 Å². The molecule has 26 heavy (non-hydrogen) atoms. The SMILES string of the molecule is CCC(C)c1ccccc1OC(C)C(=O)NNC(=O)c1ccccc1Cl. The van der Waals surface area contributed by atoms with E-state index in [1.54, 1.807) is 31.2 Å². The van der Waals surface area contributed by atoms with Crippen LogP contribution < -0.4 is 15.6 Å². The molecule has 0 fully saturated rings. The zero-order chi connectivity index (χ0) is 19.1. The number of rotatable bonds is 6. The van der Waals surface area contributed by atoms with E-state index in [2.05, 4.69) is 24.7 Å². The first-order chi connectivity index (χ1) is 12.4. The molecule has 0 aliphatic heterocycles. The van der Waals surface area contributed by atoms with Gasteiger partial charge in [-0.05, 0) is 43.0 Å². The molecule has 0 saturated carbocycles. The fraction of sp³-hybridized carbons (Fsp3) is 0.300. The Morgan fingerprint density at radius 3 is 2.38 bits per heavy atom. The number of halogens is 1. The van der Waals surface area contributed by atoms with Gasteiger partial charge in [0.2, 0.25) is 0 Å². The summed E-state index contributed by atoms with van der Waals surface area (Å²) in [5.41, 5.74) is 6.05. The normalized spacial score (nSPS) is 12.8. The summed E-state index contributed by atoms with van der Waals surface area (Å²) in [4.78, 5) is 24.3. The molecule has 2 amide bonds. The van der Waals surface area contributed by atoms with Gasteiger partial charge in [0.05, 0.1) is 10.6 Å². The van der Waals surface area contributed by atoms with Crippen molar-refractivity contribution in [3.8, 4) is 5.75 Å². The molecule has 5 nitrogen and oxygen atoms in total. The van der Waals surface area contributed by atoms with E-state index in [1.165, 1.54) is 0 Å². The molecule has 0 radical (unpaired) electrons. The van der Waals surface area contributed by atoms with Crippen LogP contribution in [-0.2, 0) is 4.79 Å². The van der Waals surface area contributed by atoms with E-state index in [4.69, 9.17) is 16.3 Å². The van der Waals surface area contributed by atoms with Crippen molar-refractivity contribution in [2.24, 2.45) is 0 Å². The zero-order valence-corrected chi connectivity index (χ0v) is 15.8. The molecular formula is C20H23ClN2O3. The predicted molar refractivity (Wildman–Crippen MR) is 102 cm³/mol. The van der Waals surface area contributed by atoms with Crippen molar-refractivity contribution in [2.75, 3.05) is 0 Å². The van der Waals surface area contributed by atoms with Crippen LogP contribution in [0.2, 0.25) is 5.02 Å². The van der Waals surface area contributed by atoms with E-state index < -0.39 is 17.9 Å². The third-order valence-corrected chi connectivity index (χ3v) is 4.48. The van der Waals surface area contributed by atoms with Gasteiger partial charge in [-0.2, -0.15) is 0 Å². The highest BCUT2D eigenvalue weighted by molar-refractivity contribution is 6.33. The molecule has 2 rings (SSSR count). The van der Waals surface area contributed by atoms with E-state index in [0.29, 0.717) is 16.7 Å². The maximum Gasteiger partial charge on any atom is 0.279 e. The Morgan fingerprint density at radius 2 is 1.69 bits per heavy atom. The molecule has 0 aliphatic rings. The highest BCUT2D eigenvalue weighted by Gasteiger charge is 2.19. The van der Waals surface area contributed by atoms with Crippen molar-refractivity contribution >= 4 is 23.4 Å². The number of carbonyl (C=O) groups is 2. The first-order valence-corrected chi connectivity index (χ1v) is 8.92. The Morgan fingerprint density at radius 1 is 1.04 bits per heavy atom. The lowest BCUT2D eigenvalue weighted by Gasteiger charge is -2.19. The Kier molecular flexibility index (Phi) is 7.04. The Balaban J connectivity index is 1.96. The van der Waals surface area contributed by atoms with Crippen molar-refractivity contribution in [2.45, 2.75) is 39.2 Å². The summed E-state index contributed by atoms with van der Waals surface area (Å²) in [5, 5.41) is 0.311. The van der Waals surface area contributed by atoms with E-state index in [9.17, 15) is 9.59 Å². The molecule has 2 atom stereocenters. The van der Waals surface area contributed by atoms with Gasteiger partial charge in [0, 0.05) is 0 Å². The highest BCUT2D eigenvalue weighted by atomic mass is 35.5. The number of para-hydroxylation sites is 1. The second-order valence-electron chi connectivity index (χ2n) is 6.03. The first kappa shape index (κ1) is 19.8. The standard InChI is InChI=1S/C20H23ClN2O3/c1-4-13(2)15-9-6-8-12-18(15)26-14(3)19(24)22-23-20(25)16-10-5-7-11-17(16)21/h5-14H,4H2,1-3H3,(H,22,24)(H,23,25). The molecule has 2 unspecified atom stereocenters. The van der Waals surface area contributed by atoms with Crippen molar-refractivity contribution in [3.05, 3.63) is 64.7 Å². The molecule has 2 aromatic rings. The van der Waals surface area contributed by atoms with Gasteiger partial charge in [-0.15, -0.1) is 0 Å². The number of hydrogen-bond donors (Lipinski definition) is 2. The van der Waals surface area contributed by atoms with Crippen LogP contribution >= 0.6 is 11.6 Å². The van der Waals surface area contributed by atoms with Crippen LogP contribution in [-0.4, -0.2) is 17.9 Å². The summed E-state index contributed by atoms with van der Waals surface area (Å²) in [5.74, 6) is 0.0452. The highest BCUT2D eigenvalue weighted by Crippen LogP contribution is 2.29. The van der Waals surface area contributed by atoms with Crippen LogP contribution in [0.15, 0.2) is 48.5 Å². The maximum absolute atomic E-state index is 12.2. The van der Waals surface area contributed by atoms with Gasteiger partial charge in [-0.25, -0.2) is 0 Å². The first-order valence-electron chi connectivity index (χ1n) is 8.54. The molecular weight excluding hydrogens is 352 g/mol. The number of hydrogen-bond acceptors (Lipinski definition) is 3. The summed E-state index contributed by atoms with van der Waals surface area (Å²) in [6.07, 6.45) is 0.196. The second kappa shape index (κ2) is 9.25. The van der Waals surface area contributed by atoms with Gasteiger partial charge in [0.25, 0.3) is 11.8 Å². The van der Waals surface area contributed by atoms with Gasteiger partial charge in [-0.1, -0.05) is 55.8 Å². The average molecular weight is 375 g/mol. The predicted octanol–water partition coefficient (Wildman–Crippen LogP) is 4.08. The molecule has 6 heteroatoms. The van der Waals surface area contributed by atoms with Gasteiger partial charge in [0.1, 0.15) is 5.75 Å². The summed E-state index contributed by atoms with van der Waals surface area (Å²) < 4.78 is 5.80. The van der Waals surface area contributed by atoms with E-state index in [-0.39, 0.29) is 5.56 Å². The number of carbonyl (C=O) groups excluding carboxylic acids is 2. The van der Waals surface area contributed by atoms with Gasteiger partial charge in [-0.3, -0.25) is 20.4 Å². The lowest BCUT2D eigenvalue weighted by Crippen LogP contribution is -2.47. The number of benzene rings is 2. The van der Waals surface area contributed by atoms with Crippen LogP contribution in [0.3, 0.4) is 0 Å². The van der Waals surface area contributed by atoms with Gasteiger partial charge in [0.15, 0.2) is 6.10 Å². The zero-order valence-electron chi connectivity index (χ0n) is 15.1. The fourth-order valence-corrected chi connectivity index (χ4v) is 2.61. The van der Waals surface area contributed by atoms with E-state index >= 15 is 0 Å². The molecule has 0 aromatic heterocycles.